The van der Waals surface area contributed by atoms with Crippen LogP contribution >= 0.6 is 35.1 Å². The van der Waals surface area contributed by atoms with Gasteiger partial charge in [0.15, 0.2) is 5.13 Å². The Morgan fingerprint density at radius 3 is 2.89 bits per heavy atom. The van der Waals surface area contributed by atoms with Gasteiger partial charge in [-0.05, 0) is 49.9 Å². The van der Waals surface area contributed by atoms with E-state index < -0.39 is 0 Å². The molecule has 27 heavy (non-hydrogen) atoms. The average molecular weight is 421 g/mol. The van der Waals surface area contributed by atoms with Crippen molar-refractivity contribution in [2.75, 3.05) is 11.9 Å². The molecule has 5 nitrogen and oxygen atoms in total. The number of carbonyl (C=O) groups is 1. The fourth-order valence-corrected chi connectivity index (χ4v) is 4.88. The Bertz CT molecular complexity index is 967. The molecule has 8 heteroatoms. The van der Waals surface area contributed by atoms with Crippen LogP contribution in [0.3, 0.4) is 0 Å². The van der Waals surface area contributed by atoms with Crippen LogP contribution in [0.2, 0.25) is 0 Å². The van der Waals surface area contributed by atoms with Crippen molar-refractivity contribution in [2.45, 2.75) is 32.6 Å². The van der Waals surface area contributed by atoms with E-state index in [9.17, 15) is 4.79 Å². The molecule has 0 aliphatic heterocycles. The molecule has 1 aliphatic rings. The van der Waals surface area contributed by atoms with Crippen LogP contribution in [0.1, 0.15) is 37.9 Å². The summed E-state index contributed by atoms with van der Waals surface area (Å²) >= 11 is 2.96. The van der Waals surface area contributed by atoms with Crippen molar-refractivity contribution in [1.29, 1.82) is 0 Å². The number of thiazole rings is 2. The molecule has 2 aromatic heterocycles. The van der Waals surface area contributed by atoms with E-state index in [2.05, 4.69) is 33.5 Å². The van der Waals surface area contributed by atoms with Crippen LogP contribution in [0.4, 0.5) is 5.13 Å². The first kappa shape index (κ1) is 19.9. The van der Waals surface area contributed by atoms with E-state index >= 15 is 0 Å². The summed E-state index contributed by atoms with van der Waals surface area (Å²) in [7, 11) is 0. The third kappa shape index (κ3) is 4.21. The Morgan fingerprint density at radius 1 is 1.26 bits per heavy atom. The summed E-state index contributed by atoms with van der Waals surface area (Å²) in [4.78, 5) is 22.5. The number of anilines is 1. The number of nitrogens with two attached hydrogens (primary N) is 1. The van der Waals surface area contributed by atoms with Crippen LogP contribution in [0.25, 0.3) is 11.3 Å². The summed E-state index contributed by atoms with van der Waals surface area (Å²) in [5.41, 5.74) is 10.9. The van der Waals surface area contributed by atoms with Gasteiger partial charge in [0.05, 0.1) is 10.7 Å². The molecule has 3 N–H and O–H groups in total. The lowest BCUT2D eigenvalue weighted by atomic mass is 10.0. The van der Waals surface area contributed by atoms with Gasteiger partial charge in [0.25, 0.3) is 5.91 Å². The Balaban J connectivity index is 0.00000210. The van der Waals surface area contributed by atoms with Gasteiger partial charge in [-0.15, -0.1) is 35.1 Å². The zero-order valence-electron chi connectivity index (χ0n) is 14.9. The maximum absolute atomic E-state index is 12.4. The number of carbonyl (C=O) groups excluding carboxylic acids is 1. The highest BCUT2D eigenvalue weighted by Gasteiger charge is 2.17. The molecule has 0 saturated heterocycles. The second kappa shape index (κ2) is 8.48. The molecule has 0 atom stereocenters. The maximum Gasteiger partial charge on any atom is 0.276 e. The lowest BCUT2D eigenvalue weighted by Crippen LogP contribution is -2.12. The van der Waals surface area contributed by atoms with Gasteiger partial charge in [-0.2, -0.15) is 0 Å². The maximum atomic E-state index is 12.4. The SMILES string of the molecule is Cc1sc(NC(=O)c2csc(CCN)n2)nc1-c1ccc2c(c1)CCC2.Cl. The van der Waals surface area contributed by atoms with E-state index in [0.29, 0.717) is 23.8 Å². The van der Waals surface area contributed by atoms with Gasteiger partial charge in [0.2, 0.25) is 0 Å². The van der Waals surface area contributed by atoms with Crippen LogP contribution in [0, 0.1) is 6.92 Å². The molecule has 4 rings (SSSR count). The third-order valence-corrected chi connectivity index (χ3v) is 6.33. The normalized spacial score (nSPS) is 12.5. The number of hydrogen-bond acceptors (Lipinski definition) is 6. The van der Waals surface area contributed by atoms with E-state index in [1.807, 2.05) is 6.92 Å². The number of benzene rings is 1. The van der Waals surface area contributed by atoms with Gasteiger partial charge in [-0.25, -0.2) is 9.97 Å². The van der Waals surface area contributed by atoms with Crippen LogP contribution < -0.4 is 11.1 Å². The summed E-state index contributed by atoms with van der Waals surface area (Å²) in [5.74, 6) is -0.223. The molecule has 0 unspecified atom stereocenters. The minimum Gasteiger partial charge on any atom is -0.330 e. The molecule has 0 fully saturated rings. The highest BCUT2D eigenvalue weighted by molar-refractivity contribution is 7.16. The Hall–Kier alpha value is -1.80. The van der Waals surface area contributed by atoms with Crippen LogP contribution in [-0.2, 0) is 19.3 Å². The van der Waals surface area contributed by atoms with E-state index in [1.165, 1.54) is 46.6 Å². The van der Waals surface area contributed by atoms with Gasteiger partial charge in [0, 0.05) is 22.2 Å². The molecule has 1 aromatic carbocycles. The van der Waals surface area contributed by atoms with E-state index in [0.717, 1.165) is 27.6 Å². The first-order valence-corrected chi connectivity index (χ1v) is 10.4. The van der Waals surface area contributed by atoms with Crippen LogP contribution in [0.15, 0.2) is 23.6 Å². The first-order chi connectivity index (χ1) is 12.6. The quantitative estimate of drug-likeness (QED) is 0.646. The molecule has 0 spiro atoms. The number of hydrogen-bond donors (Lipinski definition) is 2. The van der Waals surface area contributed by atoms with Crippen molar-refractivity contribution >= 4 is 46.1 Å². The number of amides is 1. The van der Waals surface area contributed by atoms with Gasteiger partial charge in [-0.1, -0.05) is 12.1 Å². The molecule has 2 heterocycles. The second-order valence-electron chi connectivity index (χ2n) is 6.38. The minimum atomic E-state index is -0.223. The number of nitrogens with zero attached hydrogens (tertiary/aromatic N) is 2. The number of fused-ring (bicyclic) bond motifs is 1. The summed E-state index contributed by atoms with van der Waals surface area (Å²) in [6.45, 7) is 2.57. The molecule has 0 saturated carbocycles. The Kier molecular flexibility index (Phi) is 6.26. The minimum absolute atomic E-state index is 0. The first-order valence-electron chi connectivity index (χ1n) is 8.69. The largest absolute Gasteiger partial charge is 0.330 e. The van der Waals surface area contributed by atoms with Crippen LogP contribution in [0.5, 0.6) is 0 Å². The molecule has 0 bridgehead atoms. The third-order valence-electron chi connectivity index (χ3n) is 4.53. The summed E-state index contributed by atoms with van der Waals surface area (Å²) in [6.07, 6.45) is 4.24. The number of rotatable bonds is 5. The average Bonchev–Trinajstić information content (AvgIpc) is 3.34. The van der Waals surface area contributed by atoms with Gasteiger partial charge in [0.1, 0.15) is 5.69 Å². The topological polar surface area (TPSA) is 80.9 Å². The number of halogens is 1. The molecular weight excluding hydrogens is 400 g/mol. The molecular formula is C19H21ClN4OS2. The zero-order chi connectivity index (χ0) is 18.1. The molecule has 1 aliphatic carbocycles. The van der Waals surface area contributed by atoms with Crippen molar-refractivity contribution in [2.24, 2.45) is 5.73 Å². The highest BCUT2D eigenvalue weighted by atomic mass is 35.5. The monoisotopic (exact) mass is 420 g/mol. The summed E-state index contributed by atoms with van der Waals surface area (Å²) in [6, 6.07) is 6.59. The Morgan fingerprint density at radius 2 is 2.07 bits per heavy atom. The highest BCUT2D eigenvalue weighted by Crippen LogP contribution is 2.33. The van der Waals surface area contributed by atoms with Crippen molar-refractivity contribution in [1.82, 2.24) is 9.97 Å². The fourth-order valence-electron chi connectivity index (χ4n) is 3.25. The summed E-state index contributed by atoms with van der Waals surface area (Å²) < 4.78 is 0. The summed E-state index contributed by atoms with van der Waals surface area (Å²) in [5, 5.41) is 6.13. The van der Waals surface area contributed by atoms with E-state index in [-0.39, 0.29) is 18.3 Å². The number of nitrogens with one attached hydrogen (secondary N) is 1. The second-order valence-corrected chi connectivity index (χ2v) is 8.53. The Labute approximate surface area is 172 Å². The molecule has 142 valence electrons. The smallest absolute Gasteiger partial charge is 0.276 e. The van der Waals surface area contributed by atoms with Crippen LogP contribution in [-0.4, -0.2) is 22.4 Å². The lowest BCUT2D eigenvalue weighted by Gasteiger charge is -2.03. The zero-order valence-corrected chi connectivity index (χ0v) is 17.4. The predicted octanol–water partition coefficient (Wildman–Crippen LogP) is 4.24. The van der Waals surface area contributed by atoms with Crippen molar-refractivity contribution in [3.8, 4) is 11.3 Å². The number of aromatic nitrogens is 2. The molecule has 1 amide bonds. The van der Waals surface area contributed by atoms with E-state index in [1.54, 1.807) is 5.38 Å². The standard InChI is InChI=1S/C19H20N4OS2.ClH/c1-11-17(14-6-5-12-3-2-4-13(12)9-14)22-19(26-11)23-18(24)15-10-25-16(21-15)7-8-20;/h5-6,9-10H,2-4,7-8,20H2,1H3,(H,22,23,24);1H. The van der Waals surface area contributed by atoms with Crippen molar-refractivity contribution in [3.05, 3.63) is 50.3 Å². The predicted molar refractivity (Wildman–Crippen MR) is 114 cm³/mol. The van der Waals surface area contributed by atoms with Gasteiger partial charge < -0.3 is 5.73 Å². The van der Waals surface area contributed by atoms with Gasteiger partial charge >= 0.3 is 0 Å². The van der Waals surface area contributed by atoms with Crippen molar-refractivity contribution in [3.63, 3.8) is 0 Å². The molecule has 3 aromatic rings. The number of aryl methyl sites for hydroxylation is 3. The molecule has 0 radical (unpaired) electrons. The fraction of sp³-hybridized carbons (Fsp3) is 0.316. The lowest BCUT2D eigenvalue weighted by molar-refractivity contribution is 0.102. The van der Waals surface area contributed by atoms with E-state index in [4.69, 9.17) is 5.73 Å². The van der Waals surface area contributed by atoms with Crippen molar-refractivity contribution < 1.29 is 4.79 Å². The van der Waals surface area contributed by atoms with Gasteiger partial charge in [-0.3, -0.25) is 10.1 Å².